The number of anilines is 1. The van der Waals surface area contributed by atoms with Gasteiger partial charge in [0.1, 0.15) is 5.82 Å². The minimum Gasteiger partial charge on any atom is -0.352 e. The molecule has 4 rings (SSSR count). The van der Waals surface area contributed by atoms with Gasteiger partial charge in [-0.3, -0.25) is 14.4 Å². The average molecular weight is 423 g/mol. The van der Waals surface area contributed by atoms with Crippen LogP contribution in [0.1, 0.15) is 63.7 Å². The Balaban J connectivity index is 1.38. The molecular formula is C24H26FN3O3. The summed E-state index contributed by atoms with van der Waals surface area (Å²) in [6, 6.07) is 10.3. The molecule has 2 aliphatic rings. The first-order chi connectivity index (χ1) is 15.0. The predicted molar refractivity (Wildman–Crippen MR) is 116 cm³/mol. The van der Waals surface area contributed by atoms with E-state index in [2.05, 4.69) is 17.1 Å². The fraction of sp³-hybridized carbons (Fsp3) is 0.375. The average Bonchev–Trinajstić information content (AvgIpc) is 3.02. The summed E-state index contributed by atoms with van der Waals surface area (Å²) in [6.45, 7) is 4.86. The zero-order valence-electron chi connectivity index (χ0n) is 17.6. The third-order valence-corrected chi connectivity index (χ3v) is 6.08. The molecular weight excluding hydrogens is 397 g/mol. The highest BCUT2D eigenvalue weighted by Gasteiger charge is 2.37. The molecule has 3 amide bonds. The largest absolute Gasteiger partial charge is 0.352 e. The van der Waals surface area contributed by atoms with Crippen LogP contribution in [0.25, 0.3) is 0 Å². The van der Waals surface area contributed by atoms with Gasteiger partial charge >= 0.3 is 0 Å². The summed E-state index contributed by atoms with van der Waals surface area (Å²) in [5.74, 6) is -1.71. The van der Waals surface area contributed by atoms with Crippen molar-refractivity contribution in [3.05, 3.63) is 65.0 Å². The van der Waals surface area contributed by atoms with Gasteiger partial charge in [-0.25, -0.2) is 9.29 Å². The van der Waals surface area contributed by atoms with Crippen molar-refractivity contribution in [1.29, 1.82) is 0 Å². The minimum absolute atomic E-state index is 0.184. The van der Waals surface area contributed by atoms with Gasteiger partial charge in [0.05, 0.1) is 16.8 Å². The Bertz CT molecular complexity index is 1010. The summed E-state index contributed by atoms with van der Waals surface area (Å²) in [4.78, 5) is 41.5. The van der Waals surface area contributed by atoms with E-state index in [4.69, 9.17) is 0 Å². The van der Waals surface area contributed by atoms with Crippen LogP contribution >= 0.6 is 0 Å². The normalized spacial score (nSPS) is 18.9. The molecule has 7 heteroatoms. The summed E-state index contributed by atoms with van der Waals surface area (Å²) in [6.07, 6.45) is 4.60. The van der Waals surface area contributed by atoms with Crippen LogP contribution in [-0.2, 0) is 0 Å². The van der Waals surface area contributed by atoms with Crippen molar-refractivity contribution in [3.8, 4) is 0 Å². The van der Waals surface area contributed by atoms with E-state index in [-0.39, 0.29) is 17.0 Å². The molecule has 2 aromatic carbocycles. The standard InChI is InChI=1S/C24H26FN3O3/c1-16-5-2-3-13-27(16)14-4-12-26-22(29)17-6-11-20-21(15-17)24(31)28(23(20)30)19-9-7-18(25)8-10-19/h6-11,15-16H,2-5,12-14H2,1H3,(H,26,29)/t16-/m0/s1. The molecule has 2 aliphatic heterocycles. The van der Waals surface area contributed by atoms with Crippen molar-refractivity contribution in [2.24, 2.45) is 0 Å². The van der Waals surface area contributed by atoms with Gasteiger partial charge in [-0.1, -0.05) is 6.42 Å². The highest BCUT2D eigenvalue weighted by molar-refractivity contribution is 6.34. The molecule has 1 N–H and O–H groups in total. The second kappa shape index (κ2) is 8.98. The maximum atomic E-state index is 13.2. The van der Waals surface area contributed by atoms with E-state index in [1.54, 1.807) is 6.07 Å². The molecule has 1 fully saturated rings. The lowest BCUT2D eigenvalue weighted by atomic mass is 10.0. The Hall–Kier alpha value is -3.06. The van der Waals surface area contributed by atoms with Crippen molar-refractivity contribution in [3.63, 3.8) is 0 Å². The Morgan fingerprint density at radius 1 is 1.06 bits per heavy atom. The lowest BCUT2D eigenvalue weighted by Crippen LogP contribution is -2.39. The van der Waals surface area contributed by atoms with Gasteiger partial charge in [-0.15, -0.1) is 0 Å². The quantitative estimate of drug-likeness (QED) is 0.569. The van der Waals surface area contributed by atoms with Crippen LogP contribution in [0, 0.1) is 5.82 Å². The number of fused-ring (bicyclic) bond motifs is 1. The van der Waals surface area contributed by atoms with E-state index >= 15 is 0 Å². The Labute approximate surface area is 181 Å². The topological polar surface area (TPSA) is 69.7 Å². The second-order valence-corrected chi connectivity index (χ2v) is 8.17. The highest BCUT2D eigenvalue weighted by Crippen LogP contribution is 2.29. The molecule has 1 saturated heterocycles. The van der Waals surface area contributed by atoms with Crippen molar-refractivity contribution >= 4 is 23.4 Å². The van der Waals surface area contributed by atoms with Crippen LogP contribution < -0.4 is 10.2 Å². The number of hydrogen-bond donors (Lipinski definition) is 1. The first-order valence-corrected chi connectivity index (χ1v) is 10.8. The van der Waals surface area contributed by atoms with Gasteiger partial charge in [0, 0.05) is 24.7 Å². The lowest BCUT2D eigenvalue weighted by Gasteiger charge is -2.33. The van der Waals surface area contributed by atoms with E-state index in [9.17, 15) is 18.8 Å². The first kappa shape index (κ1) is 21.2. The molecule has 0 bridgehead atoms. The van der Waals surface area contributed by atoms with Crippen LogP contribution in [0.15, 0.2) is 42.5 Å². The molecule has 0 unspecified atom stereocenters. The van der Waals surface area contributed by atoms with Crippen LogP contribution in [0.4, 0.5) is 10.1 Å². The summed E-state index contributed by atoms with van der Waals surface area (Å²) in [7, 11) is 0. The van der Waals surface area contributed by atoms with Gasteiger partial charge in [0.15, 0.2) is 0 Å². The fourth-order valence-corrected chi connectivity index (χ4v) is 4.28. The molecule has 0 radical (unpaired) electrons. The van der Waals surface area contributed by atoms with Crippen molar-refractivity contribution < 1.29 is 18.8 Å². The van der Waals surface area contributed by atoms with Crippen molar-refractivity contribution in [1.82, 2.24) is 10.2 Å². The molecule has 2 heterocycles. The molecule has 2 aromatic rings. The number of halogens is 1. The molecule has 0 aromatic heterocycles. The Morgan fingerprint density at radius 3 is 2.55 bits per heavy atom. The van der Waals surface area contributed by atoms with Crippen LogP contribution in [-0.4, -0.2) is 48.3 Å². The molecule has 6 nitrogen and oxygen atoms in total. The zero-order valence-corrected chi connectivity index (χ0v) is 17.6. The fourth-order valence-electron chi connectivity index (χ4n) is 4.28. The Kier molecular flexibility index (Phi) is 6.13. The maximum Gasteiger partial charge on any atom is 0.266 e. The zero-order chi connectivity index (χ0) is 22.0. The van der Waals surface area contributed by atoms with E-state index < -0.39 is 17.6 Å². The van der Waals surface area contributed by atoms with E-state index in [0.717, 1.165) is 24.4 Å². The summed E-state index contributed by atoms with van der Waals surface area (Å²) >= 11 is 0. The van der Waals surface area contributed by atoms with E-state index in [0.29, 0.717) is 23.8 Å². The van der Waals surface area contributed by atoms with Crippen LogP contribution in [0.2, 0.25) is 0 Å². The second-order valence-electron chi connectivity index (χ2n) is 8.17. The predicted octanol–water partition coefficient (Wildman–Crippen LogP) is 3.62. The van der Waals surface area contributed by atoms with E-state index in [1.165, 1.54) is 55.7 Å². The third-order valence-electron chi connectivity index (χ3n) is 6.08. The van der Waals surface area contributed by atoms with Crippen LogP contribution in [0.3, 0.4) is 0 Å². The number of amides is 3. The number of imide groups is 1. The van der Waals surface area contributed by atoms with Gasteiger partial charge in [-0.2, -0.15) is 0 Å². The number of hydrogen-bond acceptors (Lipinski definition) is 4. The van der Waals surface area contributed by atoms with Gasteiger partial charge in [-0.05, 0) is 75.2 Å². The maximum absolute atomic E-state index is 13.2. The molecule has 1 atom stereocenters. The number of piperidine rings is 1. The number of nitrogens with zero attached hydrogens (tertiary/aromatic N) is 2. The van der Waals surface area contributed by atoms with Crippen molar-refractivity contribution in [2.75, 3.05) is 24.5 Å². The van der Waals surface area contributed by atoms with Gasteiger partial charge in [0.25, 0.3) is 17.7 Å². The summed E-state index contributed by atoms with van der Waals surface area (Å²) < 4.78 is 13.2. The monoisotopic (exact) mass is 423 g/mol. The number of benzene rings is 2. The molecule has 0 spiro atoms. The van der Waals surface area contributed by atoms with E-state index in [1.807, 2.05) is 0 Å². The number of rotatable bonds is 6. The van der Waals surface area contributed by atoms with Gasteiger partial charge < -0.3 is 10.2 Å². The third kappa shape index (κ3) is 4.37. The molecule has 0 aliphatic carbocycles. The first-order valence-electron chi connectivity index (χ1n) is 10.8. The smallest absolute Gasteiger partial charge is 0.266 e. The highest BCUT2D eigenvalue weighted by atomic mass is 19.1. The van der Waals surface area contributed by atoms with Gasteiger partial charge in [0.2, 0.25) is 0 Å². The van der Waals surface area contributed by atoms with Crippen molar-refractivity contribution in [2.45, 2.75) is 38.6 Å². The summed E-state index contributed by atoms with van der Waals surface area (Å²) in [5.41, 5.74) is 1.06. The molecule has 162 valence electrons. The number of carbonyl (C=O) groups excluding carboxylic acids is 3. The minimum atomic E-state index is -0.514. The number of likely N-dealkylation sites (tertiary alicyclic amines) is 1. The van der Waals surface area contributed by atoms with Crippen LogP contribution in [0.5, 0.6) is 0 Å². The Morgan fingerprint density at radius 2 is 1.81 bits per heavy atom. The molecule has 31 heavy (non-hydrogen) atoms. The molecule has 0 saturated carbocycles. The summed E-state index contributed by atoms with van der Waals surface area (Å²) in [5, 5.41) is 2.90. The lowest BCUT2D eigenvalue weighted by molar-refractivity contribution is 0.0923. The number of carbonyl (C=O) groups is 3. The SMILES string of the molecule is C[C@H]1CCCCN1CCCNC(=O)c1ccc2c(c1)C(=O)N(c1ccc(F)cc1)C2=O. The number of nitrogens with one attached hydrogen (secondary N) is 1.